The highest BCUT2D eigenvalue weighted by Crippen LogP contribution is 2.14. The summed E-state index contributed by atoms with van der Waals surface area (Å²) < 4.78 is 0. The van der Waals surface area contributed by atoms with E-state index >= 15 is 0 Å². The highest BCUT2D eigenvalue weighted by molar-refractivity contribution is 5.58. The molecule has 15 heavy (non-hydrogen) atoms. The van der Waals surface area contributed by atoms with Gasteiger partial charge in [-0.25, -0.2) is 0 Å². The maximum Gasteiger partial charge on any atom is 0.269 e. The standard InChI is InChI=1S/C12H12N2O/c1-8-3-5-10(6-4-8)11-7-13-9(2)12(15)14-11/h3-7H,1-2H3,(H,14,15). The molecule has 2 aromatic rings. The van der Waals surface area contributed by atoms with Gasteiger partial charge in [-0.3, -0.25) is 9.78 Å². The molecule has 0 radical (unpaired) electrons. The zero-order valence-corrected chi connectivity index (χ0v) is 8.74. The molecule has 0 aliphatic heterocycles. The Balaban J connectivity index is 2.50. The number of hydrogen-bond acceptors (Lipinski definition) is 2. The number of nitrogens with one attached hydrogen (secondary N) is 1. The van der Waals surface area contributed by atoms with Crippen molar-refractivity contribution in [3.8, 4) is 11.3 Å². The van der Waals surface area contributed by atoms with Crippen molar-refractivity contribution in [2.75, 3.05) is 0 Å². The van der Waals surface area contributed by atoms with Gasteiger partial charge in [0.05, 0.1) is 11.9 Å². The highest BCUT2D eigenvalue weighted by atomic mass is 16.1. The molecule has 0 unspecified atom stereocenters. The second-order valence-electron chi connectivity index (χ2n) is 3.58. The van der Waals surface area contributed by atoms with Gasteiger partial charge < -0.3 is 4.98 Å². The second-order valence-corrected chi connectivity index (χ2v) is 3.58. The lowest BCUT2D eigenvalue weighted by atomic mass is 10.1. The number of benzene rings is 1. The van der Waals surface area contributed by atoms with Crippen molar-refractivity contribution in [3.63, 3.8) is 0 Å². The molecule has 1 heterocycles. The van der Waals surface area contributed by atoms with E-state index in [9.17, 15) is 4.79 Å². The summed E-state index contributed by atoms with van der Waals surface area (Å²) in [6.07, 6.45) is 1.68. The van der Waals surface area contributed by atoms with Crippen LogP contribution in [-0.4, -0.2) is 9.97 Å². The molecule has 3 heteroatoms. The summed E-state index contributed by atoms with van der Waals surface area (Å²) in [5.41, 5.74) is 3.29. The molecule has 1 N–H and O–H groups in total. The number of aromatic nitrogens is 2. The third kappa shape index (κ3) is 1.96. The first kappa shape index (κ1) is 9.65. The Hall–Kier alpha value is -1.90. The lowest BCUT2D eigenvalue weighted by molar-refractivity contribution is 1.07. The summed E-state index contributed by atoms with van der Waals surface area (Å²) >= 11 is 0. The Morgan fingerprint density at radius 1 is 1.13 bits per heavy atom. The van der Waals surface area contributed by atoms with Crippen LogP contribution in [0.15, 0.2) is 35.3 Å². The van der Waals surface area contributed by atoms with Crippen molar-refractivity contribution in [1.29, 1.82) is 0 Å². The van der Waals surface area contributed by atoms with Crippen LogP contribution in [0.3, 0.4) is 0 Å². The fraction of sp³-hybridized carbons (Fsp3) is 0.167. The maximum atomic E-state index is 11.4. The van der Waals surface area contributed by atoms with E-state index in [-0.39, 0.29) is 5.56 Å². The van der Waals surface area contributed by atoms with Gasteiger partial charge in [0.15, 0.2) is 0 Å². The number of H-pyrrole nitrogens is 1. The number of nitrogens with zero attached hydrogens (tertiary/aromatic N) is 1. The van der Waals surface area contributed by atoms with Crippen LogP contribution in [-0.2, 0) is 0 Å². The Morgan fingerprint density at radius 2 is 1.80 bits per heavy atom. The quantitative estimate of drug-likeness (QED) is 0.765. The van der Waals surface area contributed by atoms with Crippen LogP contribution in [0.2, 0.25) is 0 Å². The largest absolute Gasteiger partial charge is 0.319 e. The Kier molecular flexibility index (Phi) is 2.37. The van der Waals surface area contributed by atoms with Crippen LogP contribution in [0.4, 0.5) is 0 Å². The van der Waals surface area contributed by atoms with E-state index in [1.165, 1.54) is 5.56 Å². The monoisotopic (exact) mass is 200 g/mol. The molecule has 0 aliphatic rings. The van der Waals surface area contributed by atoms with Crippen LogP contribution in [0.25, 0.3) is 11.3 Å². The highest BCUT2D eigenvalue weighted by Gasteiger charge is 2.00. The third-order valence-corrected chi connectivity index (χ3v) is 2.33. The molecule has 0 aliphatic carbocycles. The van der Waals surface area contributed by atoms with E-state index in [1.54, 1.807) is 13.1 Å². The first-order valence-electron chi connectivity index (χ1n) is 4.80. The molecule has 0 amide bonds. The van der Waals surface area contributed by atoms with E-state index < -0.39 is 0 Å². The van der Waals surface area contributed by atoms with Crippen LogP contribution in [0.5, 0.6) is 0 Å². The zero-order chi connectivity index (χ0) is 10.8. The predicted molar refractivity (Wildman–Crippen MR) is 59.8 cm³/mol. The van der Waals surface area contributed by atoms with Crippen molar-refractivity contribution < 1.29 is 0 Å². The van der Waals surface area contributed by atoms with Gasteiger partial charge in [-0.05, 0) is 19.4 Å². The zero-order valence-electron chi connectivity index (χ0n) is 8.74. The van der Waals surface area contributed by atoms with Gasteiger partial charge in [0.1, 0.15) is 5.69 Å². The van der Waals surface area contributed by atoms with E-state index in [1.807, 2.05) is 31.2 Å². The van der Waals surface area contributed by atoms with Gasteiger partial charge >= 0.3 is 0 Å². The van der Waals surface area contributed by atoms with Gasteiger partial charge in [-0.1, -0.05) is 29.8 Å². The Morgan fingerprint density at radius 3 is 2.40 bits per heavy atom. The minimum atomic E-state index is -0.131. The molecule has 0 bridgehead atoms. The SMILES string of the molecule is Cc1ccc(-c2cnc(C)c(=O)[nH]2)cc1. The average molecular weight is 200 g/mol. The van der Waals surface area contributed by atoms with Crippen LogP contribution in [0.1, 0.15) is 11.3 Å². The topological polar surface area (TPSA) is 45.8 Å². The summed E-state index contributed by atoms with van der Waals surface area (Å²) in [5.74, 6) is 0. The van der Waals surface area contributed by atoms with Gasteiger partial charge in [0.25, 0.3) is 5.56 Å². The molecule has 76 valence electrons. The van der Waals surface area contributed by atoms with Crippen molar-refractivity contribution in [1.82, 2.24) is 9.97 Å². The molecular weight excluding hydrogens is 188 g/mol. The summed E-state index contributed by atoms with van der Waals surface area (Å²) in [5, 5.41) is 0. The molecular formula is C12H12N2O. The number of aromatic amines is 1. The number of aryl methyl sites for hydroxylation is 2. The van der Waals surface area contributed by atoms with Crippen molar-refractivity contribution in [2.24, 2.45) is 0 Å². The lowest BCUT2D eigenvalue weighted by Gasteiger charge is -2.01. The molecule has 3 nitrogen and oxygen atoms in total. The second kappa shape index (κ2) is 3.69. The smallest absolute Gasteiger partial charge is 0.269 e. The van der Waals surface area contributed by atoms with Gasteiger partial charge in [-0.2, -0.15) is 0 Å². The van der Waals surface area contributed by atoms with Crippen LogP contribution < -0.4 is 5.56 Å². The van der Waals surface area contributed by atoms with Gasteiger partial charge in [0.2, 0.25) is 0 Å². The predicted octanol–water partition coefficient (Wildman–Crippen LogP) is 2.05. The van der Waals surface area contributed by atoms with Crippen molar-refractivity contribution in [3.05, 3.63) is 52.1 Å². The first-order chi connectivity index (χ1) is 7.16. The molecule has 0 fully saturated rings. The molecule has 0 spiro atoms. The molecule has 2 rings (SSSR count). The van der Waals surface area contributed by atoms with Crippen LogP contribution >= 0.6 is 0 Å². The minimum Gasteiger partial charge on any atom is -0.319 e. The van der Waals surface area contributed by atoms with Crippen LogP contribution in [0, 0.1) is 13.8 Å². The number of hydrogen-bond donors (Lipinski definition) is 1. The summed E-state index contributed by atoms with van der Waals surface area (Å²) in [6.45, 7) is 3.72. The van der Waals surface area contributed by atoms with E-state index in [0.29, 0.717) is 5.69 Å². The Bertz CT molecular complexity index is 526. The van der Waals surface area contributed by atoms with Crippen molar-refractivity contribution >= 4 is 0 Å². The molecule has 0 atom stereocenters. The lowest BCUT2D eigenvalue weighted by Crippen LogP contribution is -2.11. The fourth-order valence-corrected chi connectivity index (χ4v) is 1.34. The molecule has 0 saturated heterocycles. The molecule has 1 aromatic carbocycles. The molecule has 0 saturated carbocycles. The minimum absolute atomic E-state index is 0.131. The number of rotatable bonds is 1. The fourth-order valence-electron chi connectivity index (χ4n) is 1.34. The van der Waals surface area contributed by atoms with Gasteiger partial charge in [0, 0.05) is 0 Å². The van der Waals surface area contributed by atoms with Gasteiger partial charge in [-0.15, -0.1) is 0 Å². The van der Waals surface area contributed by atoms with E-state index in [4.69, 9.17) is 0 Å². The summed E-state index contributed by atoms with van der Waals surface area (Å²) in [7, 11) is 0. The van der Waals surface area contributed by atoms with E-state index in [0.717, 1.165) is 11.3 Å². The first-order valence-corrected chi connectivity index (χ1v) is 4.80. The summed E-state index contributed by atoms with van der Waals surface area (Å²) in [6, 6.07) is 7.95. The normalized spacial score (nSPS) is 10.3. The summed E-state index contributed by atoms with van der Waals surface area (Å²) in [4.78, 5) is 18.2. The maximum absolute atomic E-state index is 11.4. The van der Waals surface area contributed by atoms with Crippen molar-refractivity contribution in [2.45, 2.75) is 13.8 Å². The van der Waals surface area contributed by atoms with E-state index in [2.05, 4.69) is 9.97 Å². The Labute approximate surface area is 87.8 Å². The molecule has 1 aromatic heterocycles. The third-order valence-electron chi connectivity index (χ3n) is 2.33. The average Bonchev–Trinajstić information content (AvgIpc) is 2.23.